The first-order chi connectivity index (χ1) is 31.8. The number of aromatic nitrogens is 1. The fourth-order valence-corrected chi connectivity index (χ4v) is 6.85. The number of hydrogen-bond acceptors (Lipinski definition) is 10. The monoisotopic (exact) mass is 968 g/mol. The third-order valence-corrected chi connectivity index (χ3v) is 10.2. The SMILES string of the molecule is CC(=O)N[C@@H](CCCCNC(=O)CC[C@H](N)C(=O)O)C(=O)NCCNC(=O)[C@@H](N)CCN(C(=O)CO)[C@@H](c1cc(-c2cc(F)ccc2F)cn1Cc1ccccc1)C(C)(C)C.O=C(O)C(F)(F)F. The van der Waals surface area contributed by atoms with Crippen molar-refractivity contribution in [2.45, 2.75) is 103 Å². The molecule has 0 spiro atoms. The molecule has 5 amide bonds. The molecule has 18 nitrogen and oxygen atoms in total. The van der Waals surface area contributed by atoms with Crippen LogP contribution in [-0.2, 0) is 40.1 Å². The molecule has 0 fully saturated rings. The number of nitrogens with two attached hydrogens (primary N) is 2. The van der Waals surface area contributed by atoms with Gasteiger partial charge in [-0.2, -0.15) is 13.2 Å². The van der Waals surface area contributed by atoms with Gasteiger partial charge in [0.1, 0.15) is 30.3 Å². The van der Waals surface area contributed by atoms with Gasteiger partial charge in [-0.25, -0.2) is 13.6 Å². The number of halogens is 5. The number of rotatable bonds is 24. The summed E-state index contributed by atoms with van der Waals surface area (Å²) in [6, 6.07) is 10.5. The number of nitrogens with zero attached hydrogens (tertiary/aromatic N) is 2. The summed E-state index contributed by atoms with van der Waals surface area (Å²) in [4.78, 5) is 84.4. The topological polar surface area (TPSA) is 289 Å². The van der Waals surface area contributed by atoms with Crippen LogP contribution in [-0.4, -0.2) is 123 Å². The van der Waals surface area contributed by atoms with E-state index in [1.54, 1.807) is 12.3 Å². The van der Waals surface area contributed by atoms with Gasteiger partial charge in [0.15, 0.2) is 0 Å². The summed E-state index contributed by atoms with van der Waals surface area (Å²) in [5.74, 6) is -7.62. The smallest absolute Gasteiger partial charge is 0.480 e. The number of hydrogen-bond donors (Lipinski definition) is 9. The van der Waals surface area contributed by atoms with E-state index in [2.05, 4.69) is 21.3 Å². The van der Waals surface area contributed by atoms with Gasteiger partial charge in [-0.3, -0.25) is 28.8 Å². The lowest BCUT2D eigenvalue weighted by Crippen LogP contribution is -2.49. The molecule has 0 aliphatic rings. The number of carboxylic acids is 2. The van der Waals surface area contributed by atoms with E-state index < -0.39 is 89.6 Å². The highest BCUT2D eigenvalue weighted by atomic mass is 19.4. The fourth-order valence-electron chi connectivity index (χ4n) is 6.85. The summed E-state index contributed by atoms with van der Waals surface area (Å²) in [6.07, 6.45) is -2.21. The Balaban J connectivity index is 0.00000209. The van der Waals surface area contributed by atoms with E-state index in [0.29, 0.717) is 30.6 Å². The number of aliphatic carboxylic acids is 2. The molecule has 23 heteroatoms. The van der Waals surface area contributed by atoms with Crippen LogP contribution in [0.1, 0.15) is 83.5 Å². The maximum atomic E-state index is 15.1. The largest absolute Gasteiger partial charge is 0.490 e. The van der Waals surface area contributed by atoms with E-state index in [9.17, 15) is 51.4 Å². The van der Waals surface area contributed by atoms with Crippen LogP contribution in [0.25, 0.3) is 11.1 Å². The molecule has 0 saturated carbocycles. The normalized spacial score (nSPS) is 13.1. The Kier molecular flexibility index (Phi) is 23.2. The van der Waals surface area contributed by atoms with Crippen molar-refractivity contribution in [3.63, 3.8) is 0 Å². The number of nitrogens with one attached hydrogen (secondary N) is 4. The molecule has 2 aromatic carbocycles. The quantitative estimate of drug-likeness (QED) is 0.0463. The molecule has 11 N–H and O–H groups in total. The second-order valence-electron chi connectivity index (χ2n) is 16.8. The maximum Gasteiger partial charge on any atom is 0.490 e. The van der Waals surface area contributed by atoms with Crippen LogP contribution in [0, 0.1) is 17.0 Å². The first-order valence-electron chi connectivity index (χ1n) is 21.5. The van der Waals surface area contributed by atoms with Crippen LogP contribution in [0.5, 0.6) is 0 Å². The molecule has 0 bridgehead atoms. The molecule has 3 aromatic rings. The third-order valence-electron chi connectivity index (χ3n) is 10.2. The molecular weight excluding hydrogens is 908 g/mol. The average molecular weight is 969 g/mol. The molecule has 4 atom stereocenters. The van der Waals surface area contributed by atoms with E-state index in [1.165, 1.54) is 11.8 Å². The lowest BCUT2D eigenvalue weighted by molar-refractivity contribution is -0.192. The van der Waals surface area contributed by atoms with E-state index in [1.807, 2.05) is 55.7 Å². The minimum atomic E-state index is -5.08. The number of benzene rings is 2. The van der Waals surface area contributed by atoms with Gasteiger partial charge in [-0.05, 0) is 67.3 Å². The minimum Gasteiger partial charge on any atom is -0.480 e. The van der Waals surface area contributed by atoms with Crippen LogP contribution in [0.15, 0.2) is 60.8 Å². The third kappa shape index (κ3) is 19.8. The van der Waals surface area contributed by atoms with Crippen LogP contribution < -0.4 is 32.7 Å². The van der Waals surface area contributed by atoms with Gasteiger partial charge in [-0.1, -0.05) is 51.1 Å². The zero-order valence-electron chi connectivity index (χ0n) is 38.2. The number of carbonyl (C=O) groups is 7. The van der Waals surface area contributed by atoms with E-state index in [-0.39, 0.29) is 63.3 Å². The molecule has 0 radical (unpaired) electrons. The number of alkyl halides is 3. The fraction of sp³-hybridized carbons (Fsp3) is 0.489. The summed E-state index contributed by atoms with van der Waals surface area (Å²) in [5, 5.41) is 36.7. The van der Waals surface area contributed by atoms with Crippen molar-refractivity contribution in [2.24, 2.45) is 16.9 Å². The number of unbranched alkanes of at least 4 members (excludes halogenated alkanes) is 1. The first kappa shape index (κ1) is 57.7. The molecule has 0 saturated heterocycles. The minimum absolute atomic E-state index is 0.00104. The summed E-state index contributed by atoms with van der Waals surface area (Å²) in [6.45, 7) is 6.73. The van der Waals surface area contributed by atoms with Crippen molar-refractivity contribution >= 4 is 41.5 Å². The maximum absolute atomic E-state index is 15.1. The predicted octanol–water partition coefficient (Wildman–Crippen LogP) is 2.96. The van der Waals surface area contributed by atoms with Gasteiger partial charge in [0.2, 0.25) is 29.5 Å². The van der Waals surface area contributed by atoms with Crippen LogP contribution >= 0.6 is 0 Å². The second kappa shape index (κ2) is 27.4. The molecule has 68 heavy (non-hydrogen) atoms. The number of carbonyl (C=O) groups excluding carboxylic acids is 5. The standard InChI is InChI=1S/C43H60F2N8O8.C2HF3O2/c1-27(55)51-35(12-8-9-18-48-37(56)16-15-34(47)42(60)61)41(59)50-20-19-49-40(58)33(46)17-21-53(38(57)26-54)39(43(2,3)4)36-22-29(31-23-30(44)13-14-32(31)45)25-52(36)24-28-10-6-5-7-11-28;3-2(4,5)1(6)7/h5-7,10-11,13-14,22-23,25,33-35,39,54H,8-9,12,15-21,24,26,46-47H2,1-4H3,(H,48,56)(H,49,58)(H,50,59)(H,51,55)(H,60,61);(H,6,7)/t33-,34-,35-,39-;/m0./s1. The molecule has 0 aliphatic carbocycles. The summed E-state index contributed by atoms with van der Waals surface area (Å²) in [5.41, 5.74) is 13.0. The number of aliphatic hydroxyl groups is 1. The second-order valence-corrected chi connectivity index (χ2v) is 16.8. The summed E-state index contributed by atoms with van der Waals surface area (Å²) >= 11 is 0. The number of aliphatic hydroxyl groups excluding tert-OH is 1. The average Bonchev–Trinajstić information content (AvgIpc) is 3.66. The highest BCUT2D eigenvalue weighted by molar-refractivity contribution is 5.87. The Morgan fingerprint density at radius 1 is 0.794 bits per heavy atom. The molecule has 3 rings (SSSR count). The molecule has 0 aliphatic heterocycles. The molecule has 376 valence electrons. The Morgan fingerprint density at radius 3 is 1.97 bits per heavy atom. The zero-order valence-corrected chi connectivity index (χ0v) is 38.2. The summed E-state index contributed by atoms with van der Waals surface area (Å²) in [7, 11) is 0. The van der Waals surface area contributed by atoms with Gasteiger partial charge in [-0.15, -0.1) is 0 Å². The van der Waals surface area contributed by atoms with E-state index in [4.69, 9.17) is 26.5 Å². The Bertz CT molecular complexity index is 2170. The van der Waals surface area contributed by atoms with Crippen molar-refractivity contribution in [3.8, 4) is 11.1 Å². The van der Waals surface area contributed by atoms with Crippen LogP contribution in [0.2, 0.25) is 0 Å². The van der Waals surface area contributed by atoms with Gasteiger partial charge in [0, 0.05) is 69.1 Å². The van der Waals surface area contributed by atoms with E-state index >= 15 is 4.39 Å². The van der Waals surface area contributed by atoms with Crippen molar-refractivity contribution in [1.29, 1.82) is 0 Å². The van der Waals surface area contributed by atoms with Crippen LogP contribution in [0.3, 0.4) is 0 Å². The molecule has 1 heterocycles. The predicted molar refractivity (Wildman–Crippen MR) is 238 cm³/mol. The number of amides is 5. The lowest BCUT2D eigenvalue weighted by Gasteiger charge is -2.41. The van der Waals surface area contributed by atoms with Crippen molar-refractivity contribution in [2.75, 3.05) is 32.8 Å². The van der Waals surface area contributed by atoms with Crippen molar-refractivity contribution in [3.05, 3.63) is 83.7 Å². The van der Waals surface area contributed by atoms with Crippen molar-refractivity contribution < 1.29 is 70.8 Å². The van der Waals surface area contributed by atoms with Crippen molar-refractivity contribution in [1.82, 2.24) is 30.7 Å². The Morgan fingerprint density at radius 2 is 1.41 bits per heavy atom. The highest BCUT2D eigenvalue weighted by Crippen LogP contribution is 2.41. The van der Waals surface area contributed by atoms with Crippen LogP contribution in [0.4, 0.5) is 22.0 Å². The zero-order chi connectivity index (χ0) is 51.4. The van der Waals surface area contributed by atoms with E-state index in [0.717, 1.165) is 23.8 Å². The molecule has 1 aromatic heterocycles. The highest BCUT2D eigenvalue weighted by Gasteiger charge is 2.39. The Hall–Kier alpha value is -6.46. The van der Waals surface area contributed by atoms with Gasteiger partial charge >= 0.3 is 18.1 Å². The first-order valence-corrected chi connectivity index (χ1v) is 21.5. The molecule has 0 unspecified atom stereocenters. The van der Waals surface area contributed by atoms with Gasteiger partial charge < -0.3 is 57.5 Å². The van der Waals surface area contributed by atoms with Gasteiger partial charge in [0.25, 0.3) is 0 Å². The molecular formula is C45H61F5N8O10. The number of carboxylic acid groups (broad SMARTS) is 2. The van der Waals surface area contributed by atoms with Gasteiger partial charge in [0.05, 0.1) is 12.1 Å². The Labute approximate surface area is 390 Å². The summed E-state index contributed by atoms with van der Waals surface area (Å²) < 4.78 is 63.0. The lowest BCUT2D eigenvalue weighted by atomic mass is 9.82.